The third-order valence-electron chi connectivity index (χ3n) is 3.63. The minimum atomic E-state index is 0.0815. The highest BCUT2D eigenvalue weighted by molar-refractivity contribution is 5.27. The van der Waals surface area contributed by atoms with E-state index in [9.17, 15) is 5.11 Å². The first-order valence-corrected chi connectivity index (χ1v) is 6.53. The fourth-order valence-electron chi connectivity index (χ4n) is 2.20. The number of nitrogens with one attached hydrogen (secondary N) is 1. The van der Waals surface area contributed by atoms with Gasteiger partial charge in [-0.05, 0) is 25.0 Å². The van der Waals surface area contributed by atoms with Gasteiger partial charge in [0.1, 0.15) is 0 Å². The summed E-state index contributed by atoms with van der Waals surface area (Å²) >= 11 is 0. The van der Waals surface area contributed by atoms with Gasteiger partial charge >= 0.3 is 0 Å². The fourth-order valence-corrected chi connectivity index (χ4v) is 2.20. The van der Waals surface area contributed by atoms with Crippen molar-refractivity contribution in [3.05, 3.63) is 52.8 Å². The van der Waals surface area contributed by atoms with Crippen molar-refractivity contribution in [1.29, 1.82) is 0 Å². The molecule has 2 aromatic rings. The van der Waals surface area contributed by atoms with Gasteiger partial charge in [0.2, 0.25) is 0 Å². The molecule has 0 fully saturated rings. The number of benzene rings is 1. The van der Waals surface area contributed by atoms with Crippen molar-refractivity contribution >= 4 is 0 Å². The SMILES string of the molecule is Cc1c(C(C)NCc2ccccc2CO)cnn1C. The number of rotatable bonds is 5. The molecule has 1 atom stereocenters. The monoisotopic (exact) mass is 259 g/mol. The molecule has 0 spiro atoms. The quantitative estimate of drug-likeness (QED) is 0.864. The fraction of sp³-hybridized carbons (Fsp3) is 0.400. The number of nitrogens with zero attached hydrogens (tertiary/aromatic N) is 2. The summed E-state index contributed by atoms with van der Waals surface area (Å²) < 4.78 is 1.88. The van der Waals surface area contributed by atoms with E-state index in [1.807, 2.05) is 42.2 Å². The van der Waals surface area contributed by atoms with Crippen molar-refractivity contribution in [2.24, 2.45) is 7.05 Å². The molecule has 0 aliphatic heterocycles. The number of aromatic nitrogens is 2. The van der Waals surface area contributed by atoms with Crippen LogP contribution in [0.15, 0.2) is 30.5 Å². The van der Waals surface area contributed by atoms with Gasteiger partial charge in [-0.15, -0.1) is 0 Å². The molecular weight excluding hydrogens is 238 g/mol. The number of hydrogen-bond donors (Lipinski definition) is 2. The normalized spacial score (nSPS) is 12.6. The van der Waals surface area contributed by atoms with Gasteiger partial charge in [0.15, 0.2) is 0 Å². The molecule has 1 aromatic heterocycles. The Morgan fingerprint density at radius 1 is 1.32 bits per heavy atom. The van der Waals surface area contributed by atoms with Gasteiger partial charge in [0.05, 0.1) is 12.8 Å². The van der Waals surface area contributed by atoms with E-state index in [-0.39, 0.29) is 12.6 Å². The maximum absolute atomic E-state index is 9.31. The van der Waals surface area contributed by atoms with E-state index in [4.69, 9.17) is 0 Å². The first-order chi connectivity index (χ1) is 9.13. The molecule has 0 aliphatic carbocycles. The summed E-state index contributed by atoms with van der Waals surface area (Å²) in [6, 6.07) is 8.18. The smallest absolute Gasteiger partial charge is 0.0685 e. The predicted octanol–water partition coefficient (Wildman–Crippen LogP) is 2.07. The Kier molecular flexibility index (Phi) is 4.35. The van der Waals surface area contributed by atoms with Crippen LogP contribution < -0.4 is 5.32 Å². The van der Waals surface area contributed by atoms with Crippen molar-refractivity contribution in [2.45, 2.75) is 33.0 Å². The summed E-state index contributed by atoms with van der Waals surface area (Å²) in [7, 11) is 1.95. The number of aliphatic hydroxyl groups excluding tert-OH is 1. The molecule has 0 bridgehead atoms. The van der Waals surface area contributed by atoms with Crippen LogP contribution in [0.5, 0.6) is 0 Å². The number of hydrogen-bond acceptors (Lipinski definition) is 3. The molecular formula is C15H21N3O. The Morgan fingerprint density at radius 2 is 2.00 bits per heavy atom. The summed E-state index contributed by atoms with van der Waals surface area (Å²) in [4.78, 5) is 0. The van der Waals surface area contributed by atoms with Gasteiger partial charge in [-0.25, -0.2) is 0 Å². The third-order valence-corrected chi connectivity index (χ3v) is 3.63. The van der Waals surface area contributed by atoms with Crippen LogP contribution in [-0.2, 0) is 20.2 Å². The van der Waals surface area contributed by atoms with E-state index >= 15 is 0 Å². The summed E-state index contributed by atoms with van der Waals surface area (Å²) in [5.74, 6) is 0. The molecule has 0 saturated carbocycles. The van der Waals surface area contributed by atoms with Gasteiger partial charge in [-0.3, -0.25) is 4.68 Å². The summed E-state index contributed by atoms with van der Waals surface area (Å²) in [6.45, 7) is 5.03. The molecule has 1 aromatic carbocycles. The Bertz CT molecular complexity index is 548. The van der Waals surface area contributed by atoms with Crippen LogP contribution in [0, 0.1) is 6.92 Å². The van der Waals surface area contributed by atoms with Crippen LogP contribution in [0.2, 0.25) is 0 Å². The third kappa shape index (κ3) is 3.03. The molecule has 0 radical (unpaired) electrons. The molecule has 4 heteroatoms. The Morgan fingerprint density at radius 3 is 2.58 bits per heavy atom. The lowest BCUT2D eigenvalue weighted by molar-refractivity contribution is 0.280. The van der Waals surface area contributed by atoms with Crippen LogP contribution in [0.3, 0.4) is 0 Å². The second kappa shape index (κ2) is 5.99. The van der Waals surface area contributed by atoms with Gasteiger partial charge in [0.25, 0.3) is 0 Å². The zero-order valence-electron chi connectivity index (χ0n) is 11.7. The molecule has 0 amide bonds. The molecule has 0 saturated heterocycles. The van der Waals surface area contributed by atoms with E-state index in [1.165, 1.54) is 11.3 Å². The highest BCUT2D eigenvalue weighted by atomic mass is 16.3. The molecule has 1 unspecified atom stereocenters. The van der Waals surface area contributed by atoms with Crippen LogP contribution in [0.1, 0.15) is 35.3 Å². The average Bonchev–Trinajstić information content (AvgIpc) is 2.77. The predicted molar refractivity (Wildman–Crippen MR) is 75.6 cm³/mol. The zero-order chi connectivity index (χ0) is 13.8. The highest BCUT2D eigenvalue weighted by Crippen LogP contribution is 2.17. The van der Waals surface area contributed by atoms with E-state index in [2.05, 4.69) is 24.3 Å². The molecule has 102 valence electrons. The van der Waals surface area contributed by atoms with Gasteiger partial charge in [-0.2, -0.15) is 5.10 Å². The van der Waals surface area contributed by atoms with Gasteiger partial charge in [0, 0.05) is 30.9 Å². The molecule has 4 nitrogen and oxygen atoms in total. The lowest BCUT2D eigenvalue weighted by atomic mass is 10.1. The van der Waals surface area contributed by atoms with Crippen LogP contribution in [0.4, 0.5) is 0 Å². The summed E-state index contributed by atoms with van der Waals surface area (Å²) in [5, 5.41) is 17.0. The average molecular weight is 259 g/mol. The Balaban J connectivity index is 2.04. The Labute approximate surface area is 114 Å². The van der Waals surface area contributed by atoms with Crippen molar-refractivity contribution in [1.82, 2.24) is 15.1 Å². The lowest BCUT2D eigenvalue weighted by Crippen LogP contribution is -2.19. The van der Waals surface area contributed by atoms with Crippen molar-refractivity contribution in [3.8, 4) is 0 Å². The van der Waals surface area contributed by atoms with E-state index < -0.39 is 0 Å². The largest absolute Gasteiger partial charge is 0.392 e. The Hall–Kier alpha value is -1.65. The lowest BCUT2D eigenvalue weighted by Gasteiger charge is -2.15. The van der Waals surface area contributed by atoms with Gasteiger partial charge in [-0.1, -0.05) is 24.3 Å². The topological polar surface area (TPSA) is 50.1 Å². The maximum atomic E-state index is 9.31. The molecule has 2 N–H and O–H groups in total. The second-order valence-corrected chi connectivity index (χ2v) is 4.84. The standard InChI is InChI=1S/C15H21N3O/c1-11(15-9-17-18(3)12(15)2)16-8-13-6-4-5-7-14(13)10-19/h4-7,9,11,16,19H,8,10H2,1-3H3. The maximum Gasteiger partial charge on any atom is 0.0685 e. The van der Waals surface area contributed by atoms with Crippen LogP contribution in [0.25, 0.3) is 0 Å². The molecule has 1 heterocycles. The van der Waals surface area contributed by atoms with Crippen molar-refractivity contribution in [3.63, 3.8) is 0 Å². The van der Waals surface area contributed by atoms with Crippen LogP contribution in [-0.4, -0.2) is 14.9 Å². The van der Waals surface area contributed by atoms with E-state index in [0.29, 0.717) is 0 Å². The summed E-state index contributed by atoms with van der Waals surface area (Å²) in [6.07, 6.45) is 1.91. The van der Waals surface area contributed by atoms with Crippen LogP contribution >= 0.6 is 0 Å². The number of aryl methyl sites for hydroxylation is 1. The zero-order valence-corrected chi connectivity index (χ0v) is 11.7. The first kappa shape index (κ1) is 13.8. The highest BCUT2D eigenvalue weighted by Gasteiger charge is 2.11. The molecule has 2 rings (SSSR count). The van der Waals surface area contributed by atoms with E-state index in [1.54, 1.807) is 0 Å². The molecule has 19 heavy (non-hydrogen) atoms. The van der Waals surface area contributed by atoms with E-state index in [0.717, 1.165) is 17.7 Å². The number of aliphatic hydroxyl groups is 1. The van der Waals surface area contributed by atoms with Crippen molar-refractivity contribution < 1.29 is 5.11 Å². The molecule has 0 aliphatic rings. The summed E-state index contributed by atoms with van der Waals surface area (Å²) in [5.41, 5.74) is 4.50. The second-order valence-electron chi connectivity index (χ2n) is 4.84. The van der Waals surface area contributed by atoms with Gasteiger partial charge < -0.3 is 10.4 Å². The minimum absolute atomic E-state index is 0.0815. The first-order valence-electron chi connectivity index (χ1n) is 6.53. The minimum Gasteiger partial charge on any atom is -0.392 e. The van der Waals surface area contributed by atoms with Crippen molar-refractivity contribution in [2.75, 3.05) is 0 Å².